The molecule has 1 aromatic carbocycles. The van der Waals surface area contributed by atoms with Crippen molar-refractivity contribution in [3.63, 3.8) is 0 Å². The van der Waals surface area contributed by atoms with Crippen LogP contribution in [-0.4, -0.2) is 30.9 Å². The van der Waals surface area contributed by atoms with Gasteiger partial charge in [0.05, 0.1) is 5.56 Å². The zero-order valence-corrected chi connectivity index (χ0v) is 15.5. The number of carbonyl (C=O) groups excluding carboxylic acids is 2. The summed E-state index contributed by atoms with van der Waals surface area (Å²) >= 11 is 1.32. The Labute approximate surface area is 146 Å². The maximum Gasteiger partial charge on any atom is 0.268 e. The van der Waals surface area contributed by atoms with Gasteiger partial charge in [0.15, 0.2) is 0 Å². The van der Waals surface area contributed by atoms with E-state index in [1.165, 1.54) is 16.9 Å². The first-order valence-electron chi connectivity index (χ1n) is 7.66. The second-order valence-corrected chi connectivity index (χ2v) is 7.70. The van der Waals surface area contributed by atoms with E-state index < -0.39 is 0 Å². The van der Waals surface area contributed by atoms with Crippen LogP contribution in [0.4, 0.5) is 5.00 Å². The number of hydrazine groups is 1. The minimum atomic E-state index is -0.250. The van der Waals surface area contributed by atoms with Crippen LogP contribution >= 0.6 is 11.3 Å². The number of anilines is 1. The van der Waals surface area contributed by atoms with Crippen molar-refractivity contribution in [1.82, 2.24) is 10.4 Å². The summed E-state index contributed by atoms with van der Waals surface area (Å²) in [7, 11) is 3.47. The molecule has 0 radical (unpaired) electrons. The fraction of sp³-hybridized carbons (Fsp3) is 0.333. The maximum absolute atomic E-state index is 12.4. The van der Waals surface area contributed by atoms with Crippen molar-refractivity contribution >= 4 is 28.2 Å². The molecule has 0 atom stereocenters. The van der Waals surface area contributed by atoms with Gasteiger partial charge in [-0.15, -0.1) is 11.3 Å². The predicted octanol–water partition coefficient (Wildman–Crippen LogP) is 3.50. The molecule has 2 amide bonds. The third-order valence-corrected chi connectivity index (χ3v) is 4.31. The van der Waals surface area contributed by atoms with Crippen LogP contribution in [-0.2, 0) is 5.41 Å². The molecular weight excluding hydrogens is 322 g/mol. The molecule has 0 unspecified atom stereocenters. The van der Waals surface area contributed by atoms with Gasteiger partial charge in [0.25, 0.3) is 11.8 Å². The molecule has 0 saturated heterocycles. The Bertz CT molecular complexity index is 727. The van der Waals surface area contributed by atoms with Crippen LogP contribution in [0.2, 0.25) is 0 Å². The van der Waals surface area contributed by atoms with Gasteiger partial charge in [0, 0.05) is 19.7 Å². The van der Waals surface area contributed by atoms with Crippen molar-refractivity contribution in [2.45, 2.75) is 26.2 Å². The van der Waals surface area contributed by atoms with Gasteiger partial charge in [-0.25, -0.2) is 5.01 Å². The first-order valence-corrected chi connectivity index (χ1v) is 8.54. The highest BCUT2D eigenvalue weighted by Crippen LogP contribution is 2.25. The molecule has 5 nitrogen and oxygen atoms in total. The van der Waals surface area contributed by atoms with Gasteiger partial charge in [-0.05, 0) is 34.6 Å². The summed E-state index contributed by atoms with van der Waals surface area (Å²) in [6.07, 6.45) is 0. The molecule has 0 bridgehead atoms. The first kappa shape index (κ1) is 18.2. The van der Waals surface area contributed by atoms with E-state index in [2.05, 4.69) is 31.5 Å². The second kappa shape index (κ2) is 7.15. The Kier molecular flexibility index (Phi) is 5.41. The van der Waals surface area contributed by atoms with E-state index in [9.17, 15) is 9.59 Å². The van der Waals surface area contributed by atoms with Gasteiger partial charge < -0.3 is 5.32 Å². The molecule has 2 rings (SSSR count). The summed E-state index contributed by atoms with van der Waals surface area (Å²) in [5, 5.41) is 6.71. The van der Waals surface area contributed by atoms with Crippen LogP contribution in [0.1, 0.15) is 47.1 Å². The largest absolute Gasteiger partial charge is 0.313 e. The number of amides is 2. The van der Waals surface area contributed by atoms with E-state index >= 15 is 0 Å². The molecule has 0 aliphatic carbocycles. The van der Waals surface area contributed by atoms with Gasteiger partial charge in [0.2, 0.25) is 0 Å². The number of thiophene rings is 1. The number of nitrogens with one attached hydrogen (secondary N) is 2. The number of carbonyl (C=O) groups is 2. The topological polar surface area (TPSA) is 61.4 Å². The number of hydrogen-bond acceptors (Lipinski definition) is 4. The molecule has 0 saturated carbocycles. The number of rotatable bonds is 4. The average molecular weight is 345 g/mol. The Hall–Kier alpha value is -2.18. The summed E-state index contributed by atoms with van der Waals surface area (Å²) < 4.78 is 0. The van der Waals surface area contributed by atoms with Crippen molar-refractivity contribution < 1.29 is 9.59 Å². The molecule has 0 fully saturated rings. The summed E-state index contributed by atoms with van der Waals surface area (Å²) in [6.45, 7) is 6.39. The van der Waals surface area contributed by atoms with E-state index in [4.69, 9.17) is 0 Å². The fourth-order valence-electron chi connectivity index (χ4n) is 2.15. The SMILES string of the molecule is CN(C)NC(=O)c1ccsc1NC(=O)c1ccc(C(C)(C)C)cc1. The van der Waals surface area contributed by atoms with Gasteiger partial charge in [0.1, 0.15) is 5.00 Å². The Balaban J connectivity index is 2.13. The molecule has 128 valence electrons. The van der Waals surface area contributed by atoms with Gasteiger partial charge in [-0.1, -0.05) is 32.9 Å². The lowest BCUT2D eigenvalue weighted by Crippen LogP contribution is -2.36. The second-order valence-electron chi connectivity index (χ2n) is 6.78. The fourth-order valence-corrected chi connectivity index (χ4v) is 2.92. The highest BCUT2D eigenvalue weighted by molar-refractivity contribution is 7.14. The number of benzene rings is 1. The first-order chi connectivity index (χ1) is 11.2. The zero-order chi connectivity index (χ0) is 17.9. The molecule has 0 spiro atoms. The van der Waals surface area contributed by atoms with Crippen molar-refractivity contribution in [2.24, 2.45) is 0 Å². The zero-order valence-electron chi connectivity index (χ0n) is 14.6. The van der Waals surface area contributed by atoms with E-state index in [-0.39, 0.29) is 17.2 Å². The number of nitrogens with zero attached hydrogens (tertiary/aromatic N) is 1. The lowest BCUT2D eigenvalue weighted by Gasteiger charge is -2.19. The molecule has 0 aliphatic heterocycles. The smallest absolute Gasteiger partial charge is 0.268 e. The van der Waals surface area contributed by atoms with Crippen LogP contribution in [0, 0.1) is 0 Å². The Morgan fingerprint density at radius 3 is 2.17 bits per heavy atom. The molecule has 2 N–H and O–H groups in total. The standard InChI is InChI=1S/C18H23N3O2S/c1-18(2,3)13-8-6-12(7-9-13)15(22)19-17-14(10-11-24-17)16(23)20-21(4)5/h6-11H,1-5H3,(H,19,22)(H,20,23). The van der Waals surface area contributed by atoms with Crippen LogP contribution in [0.15, 0.2) is 35.7 Å². The van der Waals surface area contributed by atoms with Gasteiger partial charge in [-0.3, -0.25) is 15.0 Å². The minimum absolute atomic E-state index is 0.0419. The number of hydrogen-bond donors (Lipinski definition) is 2. The van der Waals surface area contributed by atoms with Crippen molar-refractivity contribution in [1.29, 1.82) is 0 Å². The van der Waals surface area contributed by atoms with Crippen molar-refractivity contribution in [3.05, 3.63) is 52.4 Å². The molecule has 1 aromatic heterocycles. The molecular formula is C18H23N3O2S. The van der Waals surface area contributed by atoms with E-state index in [0.717, 1.165) is 0 Å². The van der Waals surface area contributed by atoms with E-state index in [1.54, 1.807) is 30.6 Å². The normalized spacial score (nSPS) is 11.4. The van der Waals surface area contributed by atoms with E-state index in [0.29, 0.717) is 16.1 Å². The molecule has 24 heavy (non-hydrogen) atoms. The quantitative estimate of drug-likeness (QED) is 0.834. The molecule has 1 heterocycles. The maximum atomic E-state index is 12.4. The average Bonchev–Trinajstić information content (AvgIpc) is 2.94. The molecule has 6 heteroatoms. The Morgan fingerprint density at radius 1 is 1.00 bits per heavy atom. The monoisotopic (exact) mass is 345 g/mol. The van der Waals surface area contributed by atoms with Crippen LogP contribution in [0.25, 0.3) is 0 Å². The lowest BCUT2D eigenvalue weighted by atomic mass is 9.87. The summed E-state index contributed by atoms with van der Waals surface area (Å²) in [5.41, 5.74) is 4.90. The Morgan fingerprint density at radius 2 is 1.62 bits per heavy atom. The summed E-state index contributed by atoms with van der Waals surface area (Å²) in [6, 6.07) is 9.24. The van der Waals surface area contributed by atoms with Crippen LogP contribution in [0.5, 0.6) is 0 Å². The summed E-state index contributed by atoms with van der Waals surface area (Å²) in [5.74, 6) is -0.476. The predicted molar refractivity (Wildman–Crippen MR) is 98.6 cm³/mol. The van der Waals surface area contributed by atoms with Gasteiger partial charge in [-0.2, -0.15) is 0 Å². The van der Waals surface area contributed by atoms with Crippen molar-refractivity contribution in [2.75, 3.05) is 19.4 Å². The van der Waals surface area contributed by atoms with Gasteiger partial charge >= 0.3 is 0 Å². The molecule has 0 aliphatic rings. The van der Waals surface area contributed by atoms with Crippen LogP contribution < -0.4 is 10.7 Å². The van der Waals surface area contributed by atoms with E-state index in [1.807, 2.05) is 24.3 Å². The summed E-state index contributed by atoms with van der Waals surface area (Å²) in [4.78, 5) is 24.5. The third kappa shape index (κ3) is 4.43. The minimum Gasteiger partial charge on any atom is -0.313 e. The third-order valence-electron chi connectivity index (χ3n) is 3.48. The lowest BCUT2D eigenvalue weighted by molar-refractivity contribution is 0.0858. The molecule has 2 aromatic rings. The van der Waals surface area contributed by atoms with Crippen LogP contribution in [0.3, 0.4) is 0 Å². The highest BCUT2D eigenvalue weighted by Gasteiger charge is 2.17. The highest BCUT2D eigenvalue weighted by atomic mass is 32.1. The van der Waals surface area contributed by atoms with Crippen molar-refractivity contribution in [3.8, 4) is 0 Å².